The molecule has 0 saturated carbocycles. The lowest BCUT2D eigenvalue weighted by molar-refractivity contribution is -0.347. The Morgan fingerprint density at radius 2 is 1.52 bits per heavy atom. The van der Waals surface area contributed by atoms with E-state index >= 15 is 0 Å². The van der Waals surface area contributed by atoms with Crippen molar-refractivity contribution in [2.24, 2.45) is 0 Å². The minimum atomic E-state index is -2.38. The molecule has 10 N–H and O–H groups in total. The van der Waals surface area contributed by atoms with Crippen molar-refractivity contribution in [1.82, 2.24) is 20.9 Å². The molecule has 0 aromatic heterocycles. The lowest BCUT2D eigenvalue weighted by atomic mass is 9.96. The van der Waals surface area contributed by atoms with Crippen molar-refractivity contribution >= 4 is 31.1 Å². The van der Waals surface area contributed by atoms with E-state index in [0.717, 1.165) is 17.4 Å². The third kappa shape index (κ3) is 13.0. The molecule has 2 fully saturated rings. The van der Waals surface area contributed by atoms with Gasteiger partial charge in [0, 0.05) is 19.7 Å². The average molecular weight is 803 g/mol. The van der Waals surface area contributed by atoms with Crippen LogP contribution in [0, 0.1) is 0 Å². The van der Waals surface area contributed by atoms with Gasteiger partial charge in [-0.3, -0.25) is 9.80 Å². The summed E-state index contributed by atoms with van der Waals surface area (Å²) in [6.07, 6.45) is -14.6. The molecule has 0 radical (unpaired) electrons. The van der Waals surface area contributed by atoms with E-state index in [9.17, 15) is 45.6 Å². The second-order valence-corrected chi connectivity index (χ2v) is 28.5. The Labute approximate surface area is 308 Å². The highest BCUT2D eigenvalue weighted by atomic mass is 28.5. The number of nitrogens with zero attached hydrogens (tertiary/aromatic N) is 2. The van der Waals surface area contributed by atoms with Gasteiger partial charge in [-0.15, -0.1) is 5.53 Å². The van der Waals surface area contributed by atoms with Gasteiger partial charge in [-0.1, -0.05) is 0 Å². The number of nitrogens with one attached hydrogen (secondary N) is 2. The number of hydrazine groups is 2. The zero-order chi connectivity index (χ0) is 39.2. The third-order valence-electron chi connectivity index (χ3n) is 8.38. The highest BCUT2D eigenvalue weighted by Gasteiger charge is 2.52. The fraction of sp³-hybridized carbons (Fsp3) is 0.900. The second kappa shape index (κ2) is 19.1. The van der Waals surface area contributed by atoms with Gasteiger partial charge in [0.15, 0.2) is 29.2 Å². The Hall–Kier alpha value is -1.14. The van der Waals surface area contributed by atoms with Crippen LogP contribution in [0.4, 0.5) is 0 Å². The molecule has 11 atom stereocenters. The van der Waals surface area contributed by atoms with E-state index in [-0.39, 0.29) is 19.7 Å². The maximum absolute atomic E-state index is 12.8. The number of carbonyl (C=O) groups is 1. The first-order valence-corrected chi connectivity index (χ1v) is 26.9. The second-order valence-electron chi connectivity index (χ2n) is 15.6. The fourth-order valence-electron chi connectivity index (χ4n) is 6.38. The van der Waals surface area contributed by atoms with E-state index in [1.165, 1.54) is 6.92 Å². The van der Waals surface area contributed by atoms with Crippen LogP contribution in [-0.4, -0.2) is 189 Å². The molecular formula is C30H62N4O15Si3. The van der Waals surface area contributed by atoms with Crippen molar-refractivity contribution in [3.63, 3.8) is 0 Å². The highest BCUT2D eigenvalue weighted by Crippen LogP contribution is 2.31. The molecule has 0 bridgehead atoms. The number of rotatable bonds is 19. The van der Waals surface area contributed by atoms with Crippen LogP contribution in [0.25, 0.3) is 0 Å². The largest absolute Gasteiger partial charge is 0.437 e. The standard InChI is InChI=1S/C30H62N4O15Si3/c1-18(37)34(29-26(42)25(41)28(22(16-36)45-29)47-30-27(43)24(40)23(39)21(15-35)46-30)13-19-12-33(32-31-19)14-20(38)17-44-10-9-11-52(8,48-50(2,3)4)49-51(5,6)7/h12,20-32,35-36,38-43H,9-11,13-17H2,1-8H3/t20?,21?,22-,23+,24+,25?,26?,27?,28-,29+,30+/m1/s1. The maximum atomic E-state index is 12.8. The van der Waals surface area contributed by atoms with Crippen LogP contribution >= 0.6 is 0 Å². The number of ether oxygens (including phenoxy) is 4. The van der Waals surface area contributed by atoms with Crippen molar-refractivity contribution in [3.8, 4) is 0 Å². The van der Waals surface area contributed by atoms with E-state index < -0.39 is 112 Å². The molecule has 19 nitrogen and oxygen atoms in total. The first-order valence-electron chi connectivity index (χ1n) is 17.6. The van der Waals surface area contributed by atoms with E-state index in [1.54, 1.807) is 11.2 Å². The number of aliphatic hydroxyl groups is 8. The smallest absolute Gasteiger partial charge is 0.314 e. The van der Waals surface area contributed by atoms with Crippen LogP contribution < -0.4 is 11.0 Å². The van der Waals surface area contributed by atoms with Crippen LogP contribution in [0.1, 0.15) is 13.3 Å². The summed E-state index contributed by atoms with van der Waals surface area (Å²) in [4.78, 5) is 13.9. The summed E-state index contributed by atoms with van der Waals surface area (Å²) < 4.78 is 35.6. The molecule has 304 valence electrons. The van der Waals surface area contributed by atoms with Crippen molar-refractivity contribution in [3.05, 3.63) is 11.9 Å². The van der Waals surface area contributed by atoms with Crippen molar-refractivity contribution in [2.45, 2.75) is 133 Å². The number of hydrogen-bond donors (Lipinski definition) is 10. The number of aliphatic hydroxyl groups excluding tert-OH is 8. The summed E-state index contributed by atoms with van der Waals surface area (Å²) in [6.45, 7) is 15.3. The fourth-order valence-corrected chi connectivity index (χ4v) is 18.9. The SMILES string of the molecule is CC(=O)N(CC1=CN(CC(O)COCCC[Si](C)(O[Si](C)(C)C)O[Si](C)(C)C)NN1)[C@H]1O[C@H](CO)[C@@H](O[C@@H]2OC(CO)[C@H](O)[C@H](O)C2O)C(O)C1O. The van der Waals surface area contributed by atoms with Gasteiger partial charge in [-0.2, -0.15) is 0 Å². The molecule has 52 heavy (non-hydrogen) atoms. The quantitative estimate of drug-likeness (QED) is 0.0466. The summed E-state index contributed by atoms with van der Waals surface area (Å²) in [5.74, 6) is -0.541. The molecule has 22 heteroatoms. The van der Waals surface area contributed by atoms with Crippen LogP contribution in [0.5, 0.6) is 0 Å². The lowest BCUT2D eigenvalue weighted by Crippen LogP contribution is -2.67. The molecule has 0 spiro atoms. The molecule has 3 heterocycles. The van der Waals surface area contributed by atoms with E-state index in [0.29, 0.717) is 12.3 Å². The Balaban J connectivity index is 1.53. The molecular weight excluding hydrogens is 741 g/mol. The molecule has 5 unspecified atom stereocenters. The van der Waals surface area contributed by atoms with Gasteiger partial charge < -0.3 is 78.4 Å². The van der Waals surface area contributed by atoms with Gasteiger partial charge in [0.05, 0.1) is 44.7 Å². The Morgan fingerprint density at radius 1 is 0.904 bits per heavy atom. The summed E-state index contributed by atoms with van der Waals surface area (Å²) in [5.41, 5.74) is 6.21. The molecule has 2 saturated heterocycles. The summed E-state index contributed by atoms with van der Waals surface area (Å²) in [6, 6.07) is 0.787. The minimum Gasteiger partial charge on any atom is -0.437 e. The molecule has 0 aromatic rings. The molecule has 0 aliphatic carbocycles. The molecule has 3 aliphatic rings. The number of carbonyl (C=O) groups excluding carboxylic acids is 1. The molecule has 3 aliphatic heterocycles. The van der Waals surface area contributed by atoms with E-state index in [1.807, 2.05) is 0 Å². The highest BCUT2D eigenvalue weighted by molar-refractivity contribution is 6.87. The van der Waals surface area contributed by atoms with Gasteiger partial charge in [0.25, 0.3) is 0 Å². The predicted octanol–water partition coefficient (Wildman–Crippen LogP) is -2.83. The maximum Gasteiger partial charge on any atom is 0.314 e. The van der Waals surface area contributed by atoms with Crippen molar-refractivity contribution in [2.75, 3.05) is 39.5 Å². The zero-order valence-corrected chi connectivity index (χ0v) is 34.4. The summed E-state index contributed by atoms with van der Waals surface area (Å²) in [5, 5.41) is 84.4. The van der Waals surface area contributed by atoms with Gasteiger partial charge in [0.2, 0.25) is 5.91 Å². The van der Waals surface area contributed by atoms with Gasteiger partial charge >= 0.3 is 8.56 Å². The number of hydrogen-bond acceptors (Lipinski definition) is 18. The van der Waals surface area contributed by atoms with Crippen molar-refractivity contribution < 1.29 is 72.8 Å². The first-order chi connectivity index (χ1) is 24.1. The summed E-state index contributed by atoms with van der Waals surface area (Å²) in [7, 11) is -6.00. The predicted molar refractivity (Wildman–Crippen MR) is 192 cm³/mol. The van der Waals surface area contributed by atoms with Crippen LogP contribution in [0.3, 0.4) is 0 Å². The van der Waals surface area contributed by atoms with Crippen LogP contribution in [0.15, 0.2) is 11.9 Å². The van der Waals surface area contributed by atoms with Crippen molar-refractivity contribution in [1.29, 1.82) is 0 Å². The number of β-amino-alcohol motifs (C(OH)–C–C–N with tert-alkyl or cyclic N) is 1. The normalized spacial score (nSPS) is 32.4. The first kappa shape index (κ1) is 45.3. The van der Waals surface area contributed by atoms with Crippen LogP contribution in [-0.2, 0) is 32.0 Å². The molecule has 0 aromatic carbocycles. The molecule has 1 amide bonds. The minimum absolute atomic E-state index is 0.0812. The topological polar surface area (TPSA) is 265 Å². The Bertz CT molecular complexity index is 1150. The zero-order valence-electron chi connectivity index (χ0n) is 31.4. The average Bonchev–Trinajstić information content (AvgIpc) is 3.46. The van der Waals surface area contributed by atoms with Gasteiger partial charge in [-0.25, -0.2) is 0 Å². The molecule has 3 rings (SSSR count). The third-order valence-corrected chi connectivity index (χ3v) is 18.0. The lowest BCUT2D eigenvalue weighted by Gasteiger charge is -2.48. The van der Waals surface area contributed by atoms with Gasteiger partial charge in [-0.05, 0) is 58.3 Å². The summed E-state index contributed by atoms with van der Waals surface area (Å²) >= 11 is 0. The van der Waals surface area contributed by atoms with Crippen LogP contribution in [0.2, 0.25) is 51.9 Å². The van der Waals surface area contributed by atoms with E-state index in [2.05, 4.69) is 56.8 Å². The number of amides is 1. The Morgan fingerprint density at radius 3 is 2.08 bits per heavy atom. The Kier molecular flexibility index (Phi) is 16.7. The van der Waals surface area contributed by atoms with Gasteiger partial charge in [0.1, 0.15) is 48.8 Å². The van der Waals surface area contributed by atoms with E-state index in [4.69, 9.17) is 27.2 Å². The monoisotopic (exact) mass is 802 g/mol.